The molecule has 0 aromatic rings. The van der Waals surface area contributed by atoms with Gasteiger partial charge in [-0.1, -0.05) is 18.2 Å². The Kier molecular flexibility index (Phi) is 5.90. The highest BCUT2D eigenvalue weighted by Gasteiger charge is 2.24. The maximum Gasteiger partial charge on any atom is 0.217 e. The van der Waals surface area contributed by atoms with Crippen molar-refractivity contribution in [3.05, 3.63) is 23.8 Å². The van der Waals surface area contributed by atoms with Crippen LogP contribution in [0.4, 0.5) is 0 Å². The third kappa shape index (κ3) is 4.92. The van der Waals surface area contributed by atoms with Crippen molar-refractivity contribution in [1.82, 2.24) is 15.1 Å². The molecule has 1 amide bonds. The Balaban J connectivity index is 1.45. The lowest BCUT2D eigenvalue weighted by Crippen LogP contribution is -2.46. The van der Waals surface area contributed by atoms with E-state index in [0.717, 1.165) is 39.0 Å². The number of nitrogens with one attached hydrogen (secondary N) is 1. The zero-order chi connectivity index (χ0) is 16.1. The molecule has 0 unspecified atom stereocenters. The molecule has 128 valence electrons. The number of piperidine rings is 1. The standard InChI is InChI=1S/C19H31N3O/c1-16(23)20-18-9-12-21(13-10-18)14-17-6-5-11-22(15-17)19-7-3-2-4-8-19/h3,6-7,18-19H,2,4-5,8-15H2,1H3,(H,20,23)/t19-/m0/s1. The van der Waals surface area contributed by atoms with Gasteiger partial charge in [-0.3, -0.25) is 14.6 Å². The lowest BCUT2D eigenvalue weighted by atomic mass is 9.98. The summed E-state index contributed by atoms with van der Waals surface area (Å²) in [5.41, 5.74) is 1.59. The minimum Gasteiger partial charge on any atom is -0.354 e. The minimum absolute atomic E-state index is 0.106. The van der Waals surface area contributed by atoms with E-state index in [9.17, 15) is 4.79 Å². The van der Waals surface area contributed by atoms with Crippen LogP contribution >= 0.6 is 0 Å². The molecule has 1 atom stereocenters. The SMILES string of the molecule is CC(=O)NC1CCN(CC2=CCCN([C@H]3C=CCCC3)C2)CC1. The highest BCUT2D eigenvalue weighted by molar-refractivity contribution is 5.73. The van der Waals surface area contributed by atoms with Crippen LogP contribution in [0.15, 0.2) is 23.8 Å². The van der Waals surface area contributed by atoms with Crippen LogP contribution in [-0.4, -0.2) is 60.5 Å². The topological polar surface area (TPSA) is 35.6 Å². The molecule has 4 nitrogen and oxygen atoms in total. The van der Waals surface area contributed by atoms with E-state index in [1.165, 1.54) is 32.2 Å². The minimum atomic E-state index is 0.106. The van der Waals surface area contributed by atoms with Gasteiger partial charge in [0.2, 0.25) is 5.91 Å². The summed E-state index contributed by atoms with van der Waals surface area (Å²) in [4.78, 5) is 16.4. The molecule has 0 radical (unpaired) electrons. The molecule has 0 aromatic heterocycles. The summed E-state index contributed by atoms with van der Waals surface area (Å²) < 4.78 is 0. The first-order chi connectivity index (χ1) is 11.2. The summed E-state index contributed by atoms with van der Waals surface area (Å²) in [6.45, 7) is 7.29. The largest absolute Gasteiger partial charge is 0.354 e. The van der Waals surface area contributed by atoms with Crippen LogP contribution in [0.25, 0.3) is 0 Å². The fourth-order valence-corrected chi connectivity index (χ4v) is 4.15. The van der Waals surface area contributed by atoms with E-state index in [1.807, 2.05) is 0 Å². The van der Waals surface area contributed by atoms with Crippen molar-refractivity contribution in [2.75, 3.05) is 32.7 Å². The first-order valence-electron chi connectivity index (χ1n) is 9.29. The number of allylic oxidation sites excluding steroid dienone is 1. The third-order valence-corrected chi connectivity index (χ3v) is 5.38. The lowest BCUT2D eigenvalue weighted by molar-refractivity contribution is -0.119. The predicted molar refractivity (Wildman–Crippen MR) is 94.3 cm³/mol. The fourth-order valence-electron chi connectivity index (χ4n) is 4.15. The van der Waals surface area contributed by atoms with Crippen molar-refractivity contribution < 1.29 is 4.79 Å². The Hall–Kier alpha value is -1.13. The predicted octanol–water partition coefficient (Wildman–Crippen LogP) is 2.33. The second kappa shape index (κ2) is 8.11. The van der Waals surface area contributed by atoms with E-state index in [2.05, 4.69) is 33.3 Å². The summed E-state index contributed by atoms with van der Waals surface area (Å²) in [5.74, 6) is 0.106. The molecular weight excluding hydrogens is 286 g/mol. The molecule has 0 bridgehead atoms. The number of likely N-dealkylation sites (tertiary alicyclic amines) is 1. The Morgan fingerprint density at radius 2 is 2.04 bits per heavy atom. The molecular formula is C19H31N3O. The van der Waals surface area contributed by atoms with Crippen molar-refractivity contribution in [1.29, 1.82) is 0 Å². The van der Waals surface area contributed by atoms with Gasteiger partial charge in [-0.05, 0) is 44.1 Å². The molecule has 4 heteroatoms. The second-order valence-electron chi connectivity index (χ2n) is 7.30. The van der Waals surface area contributed by atoms with Crippen LogP contribution in [0, 0.1) is 0 Å². The van der Waals surface area contributed by atoms with E-state index in [1.54, 1.807) is 12.5 Å². The van der Waals surface area contributed by atoms with Gasteiger partial charge in [-0.2, -0.15) is 0 Å². The van der Waals surface area contributed by atoms with Gasteiger partial charge >= 0.3 is 0 Å². The van der Waals surface area contributed by atoms with Gasteiger partial charge in [0.05, 0.1) is 0 Å². The van der Waals surface area contributed by atoms with E-state index >= 15 is 0 Å². The summed E-state index contributed by atoms with van der Waals surface area (Å²) in [6.07, 6.45) is 14.5. The van der Waals surface area contributed by atoms with E-state index in [0.29, 0.717) is 12.1 Å². The lowest BCUT2D eigenvalue weighted by Gasteiger charge is -2.37. The van der Waals surface area contributed by atoms with Crippen molar-refractivity contribution in [3.63, 3.8) is 0 Å². The molecule has 1 fully saturated rings. The maximum absolute atomic E-state index is 11.2. The summed E-state index contributed by atoms with van der Waals surface area (Å²) in [5, 5.41) is 3.06. The fraction of sp³-hybridized carbons (Fsp3) is 0.737. The zero-order valence-corrected chi connectivity index (χ0v) is 14.5. The molecule has 2 aliphatic heterocycles. The number of carbonyl (C=O) groups is 1. The molecule has 0 saturated carbocycles. The Bertz CT molecular complexity index is 463. The smallest absolute Gasteiger partial charge is 0.217 e. The van der Waals surface area contributed by atoms with Crippen LogP contribution < -0.4 is 5.32 Å². The molecule has 1 saturated heterocycles. The second-order valence-corrected chi connectivity index (χ2v) is 7.30. The Labute approximate surface area is 140 Å². The monoisotopic (exact) mass is 317 g/mol. The van der Waals surface area contributed by atoms with Gasteiger partial charge in [0.25, 0.3) is 0 Å². The maximum atomic E-state index is 11.2. The highest BCUT2D eigenvalue weighted by atomic mass is 16.1. The van der Waals surface area contributed by atoms with Crippen molar-refractivity contribution in [2.24, 2.45) is 0 Å². The number of rotatable bonds is 4. The summed E-state index contributed by atoms with van der Waals surface area (Å²) in [6, 6.07) is 1.05. The van der Waals surface area contributed by atoms with Gasteiger partial charge in [0.15, 0.2) is 0 Å². The molecule has 3 aliphatic rings. The summed E-state index contributed by atoms with van der Waals surface area (Å²) in [7, 11) is 0. The molecule has 2 heterocycles. The normalized spacial score (nSPS) is 27.7. The van der Waals surface area contributed by atoms with Crippen LogP contribution in [0.3, 0.4) is 0 Å². The summed E-state index contributed by atoms with van der Waals surface area (Å²) >= 11 is 0. The van der Waals surface area contributed by atoms with Crippen molar-refractivity contribution in [3.8, 4) is 0 Å². The first kappa shape index (κ1) is 16.7. The van der Waals surface area contributed by atoms with Crippen LogP contribution in [0.2, 0.25) is 0 Å². The third-order valence-electron chi connectivity index (χ3n) is 5.38. The molecule has 1 N–H and O–H groups in total. The van der Waals surface area contributed by atoms with E-state index in [-0.39, 0.29) is 5.91 Å². The molecule has 3 rings (SSSR count). The zero-order valence-electron chi connectivity index (χ0n) is 14.5. The van der Waals surface area contributed by atoms with Crippen LogP contribution in [0.1, 0.15) is 45.4 Å². The molecule has 0 spiro atoms. The number of amides is 1. The Morgan fingerprint density at radius 1 is 1.22 bits per heavy atom. The first-order valence-corrected chi connectivity index (χ1v) is 9.29. The van der Waals surface area contributed by atoms with Gasteiger partial charge in [-0.15, -0.1) is 0 Å². The average Bonchev–Trinajstić information content (AvgIpc) is 2.57. The number of carbonyl (C=O) groups excluding carboxylic acids is 1. The van der Waals surface area contributed by atoms with Crippen molar-refractivity contribution >= 4 is 5.91 Å². The van der Waals surface area contributed by atoms with Crippen LogP contribution in [-0.2, 0) is 4.79 Å². The van der Waals surface area contributed by atoms with Gasteiger partial charge in [0.1, 0.15) is 0 Å². The van der Waals surface area contributed by atoms with E-state index in [4.69, 9.17) is 0 Å². The van der Waals surface area contributed by atoms with Crippen molar-refractivity contribution in [2.45, 2.75) is 57.5 Å². The Morgan fingerprint density at radius 3 is 2.74 bits per heavy atom. The van der Waals surface area contributed by atoms with Crippen LogP contribution in [0.5, 0.6) is 0 Å². The number of hydrogen-bond donors (Lipinski definition) is 1. The van der Waals surface area contributed by atoms with Gasteiger partial charge in [-0.25, -0.2) is 0 Å². The molecule has 23 heavy (non-hydrogen) atoms. The quantitative estimate of drug-likeness (QED) is 0.808. The van der Waals surface area contributed by atoms with Gasteiger partial charge in [0, 0.05) is 51.7 Å². The molecule has 0 aromatic carbocycles. The number of nitrogens with zero attached hydrogens (tertiary/aromatic N) is 2. The average molecular weight is 317 g/mol. The van der Waals surface area contributed by atoms with E-state index < -0.39 is 0 Å². The highest BCUT2D eigenvalue weighted by Crippen LogP contribution is 2.22. The van der Waals surface area contributed by atoms with Gasteiger partial charge < -0.3 is 5.32 Å². The molecule has 1 aliphatic carbocycles. The number of hydrogen-bond acceptors (Lipinski definition) is 3.